The molecule has 0 saturated heterocycles. The second-order valence-corrected chi connectivity index (χ2v) is 4.54. The number of pyridine rings is 1. The van der Waals surface area contributed by atoms with Crippen LogP contribution in [0.15, 0.2) is 43.6 Å². The number of amidine groups is 1. The Morgan fingerprint density at radius 3 is 2.36 bits per heavy atom. The maximum absolute atomic E-state index is 7.36. The molecule has 0 unspecified atom stereocenters. The zero-order valence-corrected chi connectivity index (χ0v) is 12.1. The highest BCUT2D eigenvalue weighted by molar-refractivity contribution is 5.94. The summed E-state index contributed by atoms with van der Waals surface area (Å²) < 4.78 is 0. The number of nitrogens with two attached hydrogens (primary N) is 2. The monoisotopic (exact) mass is 288 g/mol. The third kappa shape index (κ3) is 3.05. The predicted octanol–water partition coefficient (Wildman–Crippen LogP) is 2.63. The Kier molecular flexibility index (Phi) is 4.40. The highest BCUT2D eigenvalue weighted by atomic mass is 14.8. The maximum Gasteiger partial charge on any atom is 0.139 e. The molecule has 1 aromatic heterocycles. The van der Waals surface area contributed by atoms with E-state index in [9.17, 15) is 0 Å². The van der Waals surface area contributed by atoms with Gasteiger partial charge in [0.05, 0.1) is 5.56 Å². The first-order valence-electron chi connectivity index (χ1n) is 6.56. The van der Waals surface area contributed by atoms with Crippen molar-refractivity contribution in [2.75, 3.05) is 5.73 Å². The van der Waals surface area contributed by atoms with E-state index in [0.29, 0.717) is 16.9 Å². The second-order valence-electron chi connectivity index (χ2n) is 4.54. The minimum Gasteiger partial charge on any atom is -0.384 e. The lowest BCUT2D eigenvalue weighted by atomic mass is 10.0. The van der Waals surface area contributed by atoms with E-state index in [-0.39, 0.29) is 5.84 Å². The minimum atomic E-state index is 0.0283. The molecule has 0 aliphatic rings. The topological polar surface area (TPSA) is 88.8 Å². The van der Waals surface area contributed by atoms with Gasteiger partial charge in [-0.15, -0.1) is 0 Å². The molecular weight excluding hydrogens is 272 g/mol. The van der Waals surface area contributed by atoms with Crippen molar-refractivity contribution < 1.29 is 0 Å². The van der Waals surface area contributed by atoms with Gasteiger partial charge in [-0.1, -0.05) is 49.3 Å². The summed E-state index contributed by atoms with van der Waals surface area (Å²) in [5.41, 5.74) is 15.1. The Morgan fingerprint density at radius 2 is 1.82 bits per heavy atom. The van der Waals surface area contributed by atoms with E-state index in [1.807, 2.05) is 0 Å². The van der Waals surface area contributed by atoms with Crippen LogP contribution in [-0.2, 0) is 0 Å². The van der Waals surface area contributed by atoms with Crippen LogP contribution in [-0.4, -0.2) is 10.8 Å². The van der Waals surface area contributed by atoms with Crippen molar-refractivity contribution >= 4 is 23.8 Å². The molecule has 0 amide bonds. The zero-order chi connectivity index (χ0) is 16.1. The Labute approximate surface area is 129 Å². The summed E-state index contributed by atoms with van der Waals surface area (Å²) in [5, 5.41) is 7.36. The Morgan fingerprint density at radius 1 is 1.14 bits per heavy atom. The molecule has 0 atom stereocenters. The SMILES string of the molecule is C=Cc1cnc(N)c(C#Cc2ccc(C(=N)N)cc2)c1C=C. The highest BCUT2D eigenvalue weighted by Crippen LogP contribution is 2.20. The van der Waals surface area contributed by atoms with Gasteiger partial charge in [-0.05, 0) is 12.1 Å². The molecule has 2 rings (SSSR count). The normalized spacial score (nSPS) is 9.45. The number of hydrogen-bond acceptors (Lipinski definition) is 3. The fourth-order valence-corrected chi connectivity index (χ4v) is 1.94. The number of hydrogen-bond donors (Lipinski definition) is 3. The van der Waals surface area contributed by atoms with Crippen molar-refractivity contribution in [3.8, 4) is 11.8 Å². The van der Waals surface area contributed by atoms with Crippen LogP contribution in [0.3, 0.4) is 0 Å². The molecular formula is C18H16N4. The van der Waals surface area contributed by atoms with Gasteiger partial charge >= 0.3 is 0 Å². The molecule has 22 heavy (non-hydrogen) atoms. The third-order valence-electron chi connectivity index (χ3n) is 3.13. The summed E-state index contributed by atoms with van der Waals surface area (Å²) in [5.74, 6) is 6.44. The van der Waals surface area contributed by atoms with Gasteiger partial charge in [-0.3, -0.25) is 5.41 Å². The molecule has 4 heteroatoms. The van der Waals surface area contributed by atoms with Crippen LogP contribution in [0, 0.1) is 17.3 Å². The predicted molar refractivity (Wildman–Crippen MR) is 92.3 cm³/mol. The second kappa shape index (κ2) is 6.42. The van der Waals surface area contributed by atoms with Gasteiger partial charge in [-0.2, -0.15) is 0 Å². The number of aromatic nitrogens is 1. The molecule has 0 bridgehead atoms. The molecule has 5 N–H and O–H groups in total. The summed E-state index contributed by atoms with van der Waals surface area (Å²) in [6, 6.07) is 7.11. The average molecular weight is 288 g/mol. The summed E-state index contributed by atoms with van der Waals surface area (Å²) in [4.78, 5) is 4.12. The summed E-state index contributed by atoms with van der Waals surface area (Å²) in [6.45, 7) is 7.54. The van der Waals surface area contributed by atoms with Crippen molar-refractivity contribution in [1.82, 2.24) is 4.98 Å². The van der Waals surface area contributed by atoms with Crippen molar-refractivity contribution in [2.24, 2.45) is 5.73 Å². The average Bonchev–Trinajstić information content (AvgIpc) is 2.53. The van der Waals surface area contributed by atoms with Crippen molar-refractivity contribution in [3.63, 3.8) is 0 Å². The largest absolute Gasteiger partial charge is 0.384 e. The number of rotatable bonds is 3. The smallest absolute Gasteiger partial charge is 0.139 e. The van der Waals surface area contributed by atoms with E-state index in [1.54, 1.807) is 42.6 Å². The standard InChI is InChI=1S/C18H16N4/c1-3-13-11-22-18(21)16(15(13)4-2)10-7-12-5-8-14(9-6-12)17(19)20/h3-6,8-9,11H,1-2H2,(H3,19,20)(H2,21,22). The van der Waals surface area contributed by atoms with Crippen LogP contribution >= 0.6 is 0 Å². The fourth-order valence-electron chi connectivity index (χ4n) is 1.94. The van der Waals surface area contributed by atoms with Gasteiger partial charge in [0.1, 0.15) is 11.7 Å². The lowest BCUT2D eigenvalue weighted by molar-refractivity contribution is 1.30. The van der Waals surface area contributed by atoms with E-state index in [4.69, 9.17) is 16.9 Å². The number of anilines is 1. The summed E-state index contributed by atoms with van der Waals surface area (Å²) >= 11 is 0. The molecule has 0 spiro atoms. The quantitative estimate of drug-likeness (QED) is 0.461. The highest BCUT2D eigenvalue weighted by Gasteiger charge is 2.06. The van der Waals surface area contributed by atoms with E-state index in [0.717, 1.165) is 16.7 Å². The Bertz CT molecular complexity index is 805. The Balaban J connectivity index is 2.45. The van der Waals surface area contributed by atoms with Gasteiger partial charge in [0.25, 0.3) is 0 Å². The van der Waals surface area contributed by atoms with Gasteiger partial charge in [-0.25, -0.2) is 4.98 Å². The first-order chi connectivity index (χ1) is 10.6. The first-order valence-corrected chi connectivity index (χ1v) is 6.56. The molecule has 4 nitrogen and oxygen atoms in total. The zero-order valence-electron chi connectivity index (χ0n) is 12.1. The van der Waals surface area contributed by atoms with E-state index >= 15 is 0 Å². The van der Waals surface area contributed by atoms with Gasteiger partial charge in [0.15, 0.2) is 0 Å². The van der Waals surface area contributed by atoms with Crippen molar-refractivity contribution in [3.05, 3.63) is 71.4 Å². The Hall–Kier alpha value is -3.32. The fraction of sp³-hybridized carbons (Fsp3) is 0. The first kappa shape index (κ1) is 15.1. The molecule has 1 heterocycles. The van der Waals surface area contributed by atoms with Gasteiger partial charge < -0.3 is 11.5 Å². The van der Waals surface area contributed by atoms with E-state index < -0.39 is 0 Å². The number of benzene rings is 1. The molecule has 0 aliphatic heterocycles. The van der Waals surface area contributed by atoms with Crippen LogP contribution in [0.2, 0.25) is 0 Å². The lowest BCUT2D eigenvalue weighted by Gasteiger charge is -2.06. The van der Waals surface area contributed by atoms with Crippen LogP contribution in [0.1, 0.15) is 27.8 Å². The third-order valence-corrected chi connectivity index (χ3v) is 3.13. The maximum atomic E-state index is 7.36. The summed E-state index contributed by atoms with van der Waals surface area (Å²) in [6.07, 6.45) is 5.03. The number of nitrogens with zero attached hydrogens (tertiary/aromatic N) is 1. The van der Waals surface area contributed by atoms with E-state index in [1.165, 1.54) is 0 Å². The molecule has 0 saturated carbocycles. The molecule has 1 aromatic carbocycles. The molecule has 2 aromatic rings. The lowest BCUT2D eigenvalue weighted by Crippen LogP contribution is -2.10. The number of nitrogens with one attached hydrogen (secondary N) is 1. The van der Waals surface area contributed by atoms with Crippen LogP contribution in [0.4, 0.5) is 5.82 Å². The van der Waals surface area contributed by atoms with Gasteiger partial charge in [0.2, 0.25) is 0 Å². The van der Waals surface area contributed by atoms with Crippen LogP contribution in [0.25, 0.3) is 12.2 Å². The molecule has 0 radical (unpaired) electrons. The molecule has 108 valence electrons. The molecule has 0 fully saturated rings. The van der Waals surface area contributed by atoms with Crippen LogP contribution in [0.5, 0.6) is 0 Å². The summed E-state index contributed by atoms with van der Waals surface area (Å²) in [7, 11) is 0. The van der Waals surface area contributed by atoms with Gasteiger partial charge in [0, 0.05) is 28.5 Å². The minimum absolute atomic E-state index is 0.0283. The van der Waals surface area contributed by atoms with Crippen molar-refractivity contribution in [2.45, 2.75) is 0 Å². The molecule has 0 aliphatic carbocycles. The van der Waals surface area contributed by atoms with Crippen LogP contribution < -0.4 is 11.5 Å². The van der Waals surface area contributed by atoms with E-state index in [2.05, 4.69) is 30.0 Å². The number of nitrogen functional groups attached to an aromatic ring is 2. The van der Waals surface area contributed by atoms with Crippen molar-refractivity contribution in [1.29, 1.82) is 5.41 Å².